The fraction of sp³-hybridized carbons (Fsp3) is 0.0714. The van der Waals surface area contributed by atoms with Crippen LogP contribution in [0.1, 0.15) is 17.4 Å². The maximum absolute atomic E-state index is 5.87. The van der Waals surface area contributed by atoms with Gasteiger partial charge in [-0.2, -0.15) is 4.03 Å². The molecule has 1 unspecified atom stereocenters. The summed E-state index contributed by atoms with van der Waals surface area (Å²) in [6.07, 6.45) is -0.221. The molecule has 3 nitrogen and oxygen atoms in total. The zero-order chi connectivity index (χ0) is 12.4. The Morgan fingerprint density at radius 1 is 0.944 bits per heavy atom. The number of halogens is 1. The van der Waals surface area contributed by atoms with Crippen LogP contribution < -0.4 is 0 Å². The lowest BCUT2D eigenvalue weighted by Crippen LogP contribution is -2.11. The van der Waals surface area contributed by atoms with Gasteiger partial charge in [-0.15, -0.1) is 5.10 Å². The van der Waals surface area contributed by atoms with Gasteiger partial charge in [0.25, 0.3) is 0 Å². The molecule has 1 atom stereocenters. The summed E-state index contributed by atoms with van der Waals surface area (Å²) in [4.78, 5) is 0. The fourth-order valence-corrected chi connectivity index (χ4v) is 2.29. The summed E-state index contributed by atoms with van der Waals surface area (Å²) in [5, 5.41) is 4.36. The highest BCUT2D eigenvalue weighted by molar-refractivity contribution is 9.07. The van der Waals surface area contributed by atoms with Gasteiger partial charge in [0.2, 0.25) is 12.1 Å². The van der Waals surface area contributed by atoms with E-state index < -0.39 is 0 Å². The van der Waals surface area contributed by atoms with E-state index in [0.29, 0.717) is 5.90 Å². The average molecular weight is 303 g/mol. The second kappa shape index (κ2) is 4.82. The van der Waals surface area contributed by atoms with Crippen LogP contribution in [0.4, 0.5) is 0 Å². The van der Waals surface area contributed by atoms with E-state index in [1.165, 1.54) is 0 Å². The van der Waals surface area contributed by atoms with Crippen LogP contribution in [-0.4, -0.2) is 9.93 Å². The molecule has 2 aromatic carbocycles. The zero-order valence-corrected chi connectivity index (χ0v) is 11.1. The first-order valence-electron chi connectivity index (χ1n) is 5.65. The van der Waals surface area contributed by atoms with Crippen LogP contribution in [0, 0.1) is 0 Å². The van der Waals surface area contributed by atoms with Crippen molar-refractivity contribution in [1.29, 1.82) is 0 Å². The quantitative estimate of drug-likeness (QED) is 0.790. The lowest BCUT2D eigenvalue weighted by Gasteiger charge is -2.15. The van der Waals surface area contributed by atoms with Gasteiger partial charge < -0.3 is 4.74 Å². The van der Waals surface area contributed by atoms with Crippen molar-refractivity contribution < 1.29 is 4.74 Å². The van der Waals surface area contributed by atoms with Gasteiger partial charge in [-0.25, -0.2) is 0 Å². The molecule has 0 saturated heterocycles. The molecule has 0 saturated carbocycles. The zero-order valence-electron chi connectivity index (χ0n) is 9.53. The van der Waals surface area contributed by atoms with E-state index in [-0.39, 0.29) is 6.23 Å². The molecule has 0 amide bonds. The molecule has 0 bridgehead atoms. The molecule has 3 rings (SSSR count). The van der Waals surface area contributed by atoms with E-state index in [1.807, 2.05) is 60.7 Å². The summed E-state index contributed by atoms with van der Waals surface area (Å²) in [6, 6.07) is 19.9. The van der Waals surface area contributed by atoms with Crippen LogP contribution in [0.2, 0.25) is 0 Å². The largest absolute Gasteiger partial charge is 0.445 e. The first-order valence-corrected chi connectivity index (χ1v) is 6.36. The SMILES string of the molecule is BrN1N=C(c2ccccc2)OC1c1ccccc1. The van der Waals surface area contributed by atoms with Crippen LogP contribution in [0.5, 0.6) is 0 Å². The van der Waals surface area contributed by atoms with Crippen LogP contribution in [0.25, 0.3) is 0 Å². The molecule has 4 heteroatoms. The molecule has 2 aromatic rings. The summed E-state index contributed by atoms with van der Waals surface area (Å²) >= 11 is 3.40. The molecule has 0 radical (unpaired) electrons. The van der Waals surface area contributed by atoms with Crippen LogP contribution in [0.3, 0.4) is 0 Å². The van der Waals surface area contributed by atoms with Crippen molar-refractivity contribution >= 4 is 22.0 Å². The maximum Gasteiger partial charge on any atom is 0.241 e. The number of benzene rings is 2. The van der Waals surface area contributed by atoms with Crippen LogP contribution in [0.15, 0.2) is 65.8 Å². The Hall–Kier alpha value is -1.81. The maximum atomic E-state index is 5.87. The van der Waals surface area contributed by atoms with Crippen molar-refractivity contribution in [2.75, 3.05) is 0 Å². The van der Waals surface area contributed by atoms with E-state index in [9.17, 15) is 0 Å². The Kier molecular flexibility index (Phi) is 3.02. The van der Waals surface area contributed by atoms with Gasteiger partial charge >= 0.3 is 0 Å². The summed E-state index contributed by atoms with van der Waals surface area (Å²) < 4.78 is 7.53. The van der Waals surface area contributed by atoms with E-state index in [4.69, 9.17) is 4.74 Å². The van der Waals surface area contributed by atoms with E-state index >= 15 is 0 Å². The average Bonchev–Trinajstić information content (AvgIpc) is 2.83. The highest BCUT2D eigenvalue weighted by Crippen LogP contribution is 2.32. The number of hydrogen-bond donors (Lipinski definition) is 0. The first-order chi connectivity index (χ1) is 8.84. The first kappa shape index (κ1) is 11.3. The summed E-state index contributed by atoms with van der Waals surface area (Å²) in [7, 11) is 0. The Bertz CT molecular complexity index is 557. The van der Waals surface area contributed by atoms with E-state index in [0.717, 1.165) is 11.1 Å². The Labute approximate surface area is 114 Å². The molecule has 1 heterocycles. The molecule has 0 aromatic heterocycles. The number of nitrogens with zero attached hydrogens (tertiary/aromatic N) is 2. The standard InChI is InChI=1S/C14H11BrN2O/c15-17-14(12-9-5-2-6-10-12)18-13(16-17)11-7-3-1-4-8-11/h1-10,14H. The Morgan fingerprint density at radius 3 is 2.22 bits per heavy atom. The van der Waals surface area contributed by atoms with Gasteiger partial charge in [-0.3, -0.25) is 0 Å². The molecule has 1 aliphatic heterocycles. The predicted molar refractivity (Wildman–Crippen MR) is 74.0 cm³/mol. The fourth-order valence-electron chi connectivity index (χ4n) is 1.83. The third-order valence-corrected chi connectivity index (χ3v) is 3.24. The molecular weight excluding hydrogens is 292 g/mol. The van der Waals surface area contributed by atoms with E-state index in [1.54, 1.807) is 4.03 Å². The van der Waals surface area contributed by atoms with Gasteiger partial charge in [-0.05, 0) is 12.1 Å². The van der Waals surface area contributed by atoms with Crippen molar-refractivity contribution in [3.63, 3.8) is 0 Å². The minimum absolute atomic E-state index is 0.221. The topological polar surface area (TPSA) is 24.8 Å². The van der Waals surface area contributed by atoms with Crippen molar-refractivity contribution in [3.8, 4) is 0 Å². The summed E-state index contributed by atoms with van der Waals surface area (Å²) in [5.41, 5.74) is 2.03. The molecule has 90 valence electrons. The van der Waals surface area contributed by atoms with Crippen molar-refractivity contribution in [3.05, 3.63) is 71.8 Å². The second-order valence-corrected chi connectivity index (χ2v) is 4.67. The monoisotopic (exact) mass is 302 g/mol. The normalized spacial score (nSPS) is 18.4. The van der Waals surface area contributed by atoms with Gasteiger partial charge in [0.1, 0.15) is 0 Å². The Morgan fingerprint density at radius 2 is 1.56 bits per heavy atom. The number of ether oxygens (including phenoxy) is 1. The number of hydrogen-bond acceptors (Lipinski definition) is 3. The predicted octanol–water partition coefficient (Wildman–Crippen LogP) is 3.69. The Balaban J connectivity index is 1.85. The lowest BCUT2D eigenvalue weighted by molar-refractivity contribution is 0.134. The summed E-state index contributed by atoms with van der Waals surface area (Å²) in [6.45, 7) is 0. The number of rotatable bonds is 2. The van der Waals surface area contributed by atoms with Gasteiger partial charge in [0.05, 0.1) is 16.1 Å². The minimum atomic E-state index is -0.221. The highest BCUT2D eigenvalue weighted by Gasteiger charge is 2.28. The molecule has 0 N–H and O–H groups in total. The number of hydrazone groups is 1. The van der Waals surface area contributed by atoms with Crippen LogP contribution in [-0.2, 0) is 4.74 Å². The summed E-state index contributed by atoms with van der Waals surface area (Å²) in [5.74, 6) is 0.626. The smallest absolute Gasteiger partial charge is 0.241 e. The van der Waals surface area contributed by atoms with Gasteiger partial charge in [0.15, 0.2) is 0 Å². The van der Waals surface area contributed by atoms with Gasteiger partial charge in [0, 0.05) is 11.1 Å². The molecule has 0 fully saturated rings. The van der Waals surface area contributed by atoms with Gasteiger partial charge in [-0.1, -0.05) is 48.5 Å². The van der Waals surface area contributed by atoms with Crippen molar-refractivity contribution in [2.45, 2.75) is 6.23 Å². The van der Waals surface area contributed by atoms with Crippen molar-refractivity contribution in [1.82, 2.24) is 4.03 Å². The second-order valence-electron chi connectivity index (χ2n) is 3.94. The molecular formula is C14H11BrN2O. The van der Waals surface area contributed by atoms with Crippen LogP contribution >= 0.6 is 16.1 Å². The highest BCUT2D eigenvalue weighted by atomic mass is 79.9. The third-order valence-electron chi connectivity index (χ3n) is 2.71. The third kappa shape index (κ3) is 2.11. The van der Waals surface area contributed by atoms with E-state index in [2.05, 4.69) is 21.2 Å². The molecule has 0 aliphatic carbocycles. The minimum Gasteiger partial charge on any atom is -0.445 e. The van der Waals surface area contributed by atoms with Crippen molar-refractivity contribution in [2.24, 2.45) is 5.10 Å². The lowest BCUT2D eigenvalue weighted by atomic mass is 10.2. The molecule has 18 heavy (non-hydrogen) atoms. The molecule has 0 spiro atoms. The molecule has 1 aliphatic rings.